The van der Waals surface area contributed by atoms with Crippen LogP contribution in [-0.4, -0.2) is 61.1 Å². The van der Waals surface area contributed by atoms with E-state index in [2.05, 4.69) is 0 Å². The standard InChI is InChI=1S/C16H25N3O3S/c1-4-15-13-18(23(21,22)17(2)3)11-10-16(20)19(15)12-14-8-6-5-7-9-14/h5-9,15H,4,10-13H2,1-3H3/t15-/m0/s1. The molecular weight excluding hydrogens is 314 g/mol. The van der Waals surface area contributed by atoms with Crippen LogP contribution in [0.1, 0.15) is 25.3 Å². The molecule has 7 heteroatoms. The molecule has 1 aliphatic heterocycles. The van der Waals surface area contributed by atoms with Gasteiger partial charge in [-0.25, -0.2) is 0 Å². The van der Waals surface area contributed by atoms with Crippen LogP contribution in [0.15, 0.2) is 30.3 Å². The predicted molar refractivity (Wildman–Crippen MR) is 89.9 cm³/mol. The van der Waals surface area contributed by atoms with Crippen molar-refractivity contribution >= 4 is 16.1 Å². The van der Waals surface area contributed by atoms with E-state index in [0.29, 0.717) is 13.1 Å². The van der Waals surface area contributed by atoms with Crippen LogP contribution in [0.5, 0.6) is 0 Å². The first-order valence-corrected chi connectivity index (χ1v) is 9.27. The second-order valence-electron chi connectivity index (χ2n) is 5.97. The van der Waals surface area contributed by atoms with Crippen LogP contribution < -0.4 is 0 Å². The molecular formula is C16H25N3O3S. The Morgan fingerprint density at radius 2 is 1.87 bits per heavy atom. The number of hydrogen-bond donors (Lipinski definition) is 0. The van der Waals surface area contributed by atoms with Crippen molar-refractivity contribution in [2.24, 2.45) is 0 Å². The minimum Gasteiger partial charge on any atom is -0.334 e. The van der Waals surface area contributed by atoms with E-state index < -0.39 is 10.2 Å². The summed E-state index contributed by atoms with van der Waals surface area (Å²) in [5, 5.41) is 0. The van der Waals surface area contributed by atoms with Gasteiger partial charge in [0.15, 0.2) is 0 Å². The predicted octanol–water partition coefficient (Wildman–Crippen LogP) is 1.31. The number of carbonyl (C=O) groups is 1. The summed E-state index contributed by atoms with van der Waals surface area (Å²) < 4.78 is 27.4. The van der Waals surface area contributed by atoms with E-state index in [0.717, 1.165) is 12.0 Å². The number of benzene rings is 1. The maximum absolute atomic E-state index is 12.5. The molecule has 6 nitrogen and oxygen atoms in total. The van der Waals surface area contributed by atoms with Gasteiger partial charge in [-0.2, -0.15) is 17.0 Å². The molecule has 0 radical (unpaired) electrons. The Balaban J connectivity index is 2.22. The monoisotopic (exact) mass is 339 g/mol. The van der Waals surface area contributed by atoms with Gasteiger partial charge in [-0.05, 0) is 12.0 Å². The van der Waals surface area contributed by atoms with E-state index in [1.54, 1.807) is 0 Å². The third kappa shape index (κ3) is 4.10. The van der Waals surface area contributed by atoms with E-state index in [1.165, 1.54) is 22.7 Å². The number of rotatable bonds is 5. The maximum atomic E-state index is 12.5. The van der Waals surface area contributed by atoms with Crippen molar-refractivity contribution in [3.63, 3.8) is 0 Å². The average Bonchev–Trinajstić information content (AvgIpc) is 2.68. The van der Waals surface area contributed by atoms with Gasteiger partial charge in [0, 0.05) is 46.2 Å². The van der Waals surface area contributed by atoms with Crippen LogP contribution in [0.25, 0.3) is 0 Å². The molecule has 1 fully saturated rings. The van der Waals surface area contributed by atoms with Crippen molar-refractivity contribution in [1.82, 2.24) is 13.5 Å². The molecule has 0 aliphatic carbocycles. The van der Waals surface area contributed by atoms with Crippen molar-refractivity contribution in [1.29, 1.82) is 0 Å². The first-order valence-electron chi connectivity index (χ1n) is 7.87. The lowest BCUT2D eigenvalue weighted by molar-refractivity contribution is -0.133. The summed E-state index contributed by atoms with van der Waals surface area (Å²) in [6.07, 6.45) is 0.939. The van der Waals surface area contributed by atoms with Crippen molar-refractivity contribution < 1.29 is 13.2 Å². The molecule has 23 heavy (non-hydrogen) atoms. The molecule has 1 atom stereocenters. The van der Waals surface area contributed by atoms with E-state index in [9.17, 15) is 13.2 Å². The third-order valence-electron chi connectivity index (χ3n) is 4.21. The van der Waals surface area contributed by atoms with Crippen LogP contribution in [-0.2, 0) is 21.5 Å². The van der Waals surface area contributed by atoms with Crippen molar-refractivity contribution in [2.75, 3.05) is 27.2 Å². The van der Waals surface area contributed by atoms with Crippen molar-refractivity contribution in [2.45, 2.75) is 32.4 Å². The number of nitrogens with zero attached hydrogens (tertiary/aromatic N) is 3. The minimum absolute atomic E-state index is 0.0113. The van der Waals surface area contributed by atoms with E-state index >= 15 is 0 Å². The summed E-state index contributed by atoms with van der Waals surface area (Å²) in [5.74, 6) is 0.0113. The summed E-state index contributed by atoms with van der Waals surface area (Å²) in [5.41, 5.74) is 1.06. The van der Waals surface area contributed by atoms with Gasteiger partial charge in [0.25, 0.3) is 10.2 Å². The molecule has 1 amide bonds. The highest BCUT2D eigenvalue weighted by Crippen LogP contribution is 2.20. The first kappa shape index (κ1) is 17.9. The normalized spacial score (nSPS) is 20.8. The van der Waals surface area contributed by atoms with Crippen LogP contribution in [0.3, 0.4) is 0 Å². The molecule has 1 aliphatic rings. The molecule has 0 bridgehead atoms. The molecule has 1 heterocycles. The minimum atomic E-state index is -3.50. The fourth-order valence-electron chi connectivity index (χ4n) is 2.78. The molecule has 0 aromatic heterocycles. The van der Waals surface area contributed by atoms with Crippen molar-refractivity contribution in [3.05, 3.63) is 35.9 Å². The molecule has 1 aromatic carbocycles. The lowest BCUT2D eigenvalue weighted by Gasteiger charge is -2.31. The molecule has 0 unspecified atom stereocenters. The second kappa shape index (κ2) is 7.42. The van der Waals surface area contributed by atoms with Gasteiger partial charge < -0.3 is 4.90 Å². The van der Waals surface area contributed by atoms with Crippen LogP contribution in [0.2, 0.25) is 0 Å². The molecule has 0 spiro atoms. The average molecular weight is 339 g/mol. The number of carbonyl (C=O) groups excluding carboxylic acids is 1. The van der Waals surface area contributed by atoms with Gasteiger partial charge in [0.05, 0.1) is 0 Å². The molecule has 1 aromatic rings. The largest absolute Gasteiger partial charge is 0.334 e. The maximum Gasteiger partial charge on any atom is 0.281 e. The molecule has 1 saturated heterocycles. The van der Waals surface area contributed by atoms with E-state index in [1.807, 2.05) is 42.2 Å². The Hall–Kier alpha value is -1.44. The number of amides is 1. The second-order valence-corrected chi connectivity index (χ2v) is 8.11. The smallest absolute Gasteiger partial charge is 0.281 e. The van der Waals surface area contributed by atoms with Gasteiger partial charge in [0.2, 0.25) is 5.91 Å². The Morgan fingerprint density at radius 3 is 2.43 bits per heavy atom. The topological polar surface area (TPSA) is 60.9 Å². The van der Waals surface area contributed by atoms with Gasteiger partial charge in [-0.3, -0.25) is 4.79 Å². The molecule has 2 rings (SSSR count). The summed E-state index contributed by atoms with van der Waals surface area (Å²) in [6.45, 7) is 3.09. The van der Waals surface area contributed by atoms with E-state index in [4.69, 9.17) is 0 Å². The molecule has 0 N–H and O–H groups in total. The van der Waals surface area contributed by atoms with Crippen molar-refractivity contribution in [3.8, 4) is 0 Å². The Labute approximate surface area is 138 Å². The zero-order valence-electron chi connectivity index (χ0n) is 14.0. The summed E-state index contributed by atoms with van der Waals surface area (Å²) in [6, 6.07) is 9.69. The van der Waals surface area contributed by atoms with Crippen LogP contribution >= 0.6 is 0 Å². The SMILES string of the molecule is CC[C@H]1CN(S(=O)(=O)N(C)C)CCC(=O)N1Cc1ccccc1. The lowest BCUT2D eigenvalue weighted by atomic mass is 10.1. The van der Waals surface area contributed by atoms with Gasteiger partial charge >= 0.3 is 0 Å². The highest BCUT2D eigenvalue weighted by Gasteiger charge is 2.34. The highest BCUT2D eigenvalue weighted by atomic mass is 32.2. The molecule has 0 saturated carbocycles. The van der Waals surface area contributed by atoms with Crippen LogP contribution in [0.4, 0.5) is 0 Å². The quantitative estimate of drug-likeness (QED) is 0.812. The van der Waals surface area contributed by atoms with E-state index in [-0.39, 0.29) is 24.9 Å². The lowest BCUT2D eigenvalue weighted by Crippen LogP contribution is -2.46. The van der Waals surface area contributed by atoms with Gasteiger partial charge in [0.1, 0.15) is 0 Å². The molecule has 128 valence electrons. The number of hydrogen-bond acceptors (Lipinski definition) is 3. The summed E-state index contributed by atoms with van der Waals surface area (Å²) in [7, 11) is -0.461. The first-order chi connectivity index (χ1) is 10.9. The van der Waals surface area contributed by atoms with Gasteiger partial charge in [-0.1, -0.05) is 37.3 Å². The zero-order chi connectivity index (χ0) is 17.0. The Kier molecular flexibility index (Phi) is 5.78. The summed E-state index contributed by atoms with van der Waals surface area (Å²) in [4.78, 5) is 14.3. The van der Waals surface area contributed by atoms with Crippen LogP contribution in [0, 0.1) is 0 Å². The van der Waals surface area contributed by atoms with Gasteiger partial charge in [-0.15, -0.1) is 0 Å². The summed E-state index contributed by atoms with van der Waals surface area (Å²) >= 11 is 0. The fraction of sp³-hybridized carbons (Fsp3) is 0.562. The highest BCUT2D eigenvalue weighted by molar-refractivity contribution is 7.86. The Morgan fingerprint density at radius 1 is 1.22 bits per heavy atom. The Bertz CT molecular complexity index is 631. The third-order valence-corrected chi connectivity index (χ3v) is 6.11. The fourth-order valence-corrected chi connectivity index (χ4v) is 3.92. The zero-order valence-corrected chi connectivity index (χ0v) is 14.8.